The summed E-state index contributed by atoms with van der Waals surface area (Å²) < 4.78 is 68.7. The molecule has 4 unspecified atom stereocenters. The summed E-state index contributed by atoms with van der Waals surface area (Å²) in [7, 11) is -9.93. The number of rotatable bonds is 78. The Morgan fingerprint density at radius 1 is 0.327 bits per heavy atom. The van der Waals surface area contributed by atoms with E-state index in [1.807, 2.05) is 0 Å². The van der Waals surface area contributed by atoms with Crippen LogP contribution in [-0.4, -0.2) is 96.7 Å². The average Bonchev–Trinajstić information content (AvgIpc) is 1.36. The molecule has 0 aromatic carbocycles. The van der Waals surface area contributed by atoms with Crippen molar-refractivity contribution in [3.8, 4) is 0 Å². The minimum Gasteiger partial charge on any atom is -0.462 e. The van der Waals surface area contributed by atoms with Gasteiger partial charge >= 0.3 is 39.5 Å². The van der Waals surface area contributed by atoms with Gasteiger partial charge in [0.25, 0.3) is 0 Å². The van der Waals surface area contributed by atoms with Crippen molar-refractivity contribution in [3.05, 3.63) is 24.3 Å². The second-order valence-electron chi connectivity index (χ2n) is 29.8. The number of carbonyl (C=O) groups excluding carboxylic acids is 4. The monoisotopic (exact) mass is 1480 g/mol. The second kappa shape index (κ2) is 71.8. The van der Waals surface area contributed by atoms with Crippen molar-refractivity contribution in [2.24, 2.45) is 17.8 Å². The molecule has 596 valence electrons. The highest BCUT2D eigenvalue weighted by Gasteiger charge is 2.30. The van der Waals surface area contributed by atoms with Crippen molar-refractivity contribution in [1.82, 2.24) is 0 Å². The molecule has 0 radical (unpaired) electrons. The Morgan fingerprint density at radius 3 is 0.881 bits per heavy atom. The molecular formula is C82H156O17P2. The fourth-order valence-corrected chi connectivity index (χ4v) is 13.6. The van der Waals surface area contributed by atoms with Crippen LogP contribution >= 0.6 is 15.6 Å². The van der Waals surface area contributed by atoms with Crippen molar-refractivity contribution >= 4 is 39.5 Å². The lowest BCUT2D eigenvalue weighted by atomic mass is 9.99. The standard InChI is InChI=1S/C82H156O17P2/c1-8-11-12-13-14-15-16-17-19-26-31-36-41-49-56-63-79(84)92-69-77(98-81(86)65-59-52-43-38-33-28-23-22-25-30-35-40-47-54-61-74(6)9-2)71-96-100(88,89)94-67-76(83)68-95-101(90,91)97-72-78(70-93-80(85)64-57-50-45-44-48-55-62-75(7)10-3)99-82(87)66-58-51-42-37-32-27-21-18-20-24-29-34-39-46-53-60-73(4)5/h15-17,19,73-78,83H,8-14,18,20-72H2,1-7H3,(H,88,89)(H,90,91)/b16-15-,19-17-/t74?,75?,76-,77-,78-/m1/s1. The van der Waals surface area contributed by atoms with Crippen molar-refractivity contribution in [2.75, 3.05) is 39.6 Å². The van der Waals surface area contributed by atoms with Gasteiger partial charge in [0.2, 0.25) is 0 Å². The molecule has 0 aliphatic carbocycles. The van der Waals surface area contributed by atoms with Gasteiger partial charge in [-0.2, -0.15) is 0 Å². The van der Waals surface area contributed by atoms with Gasteiger partial charge in [-0.05, 0) is 69.1 Å². The van der Waals surface area contributed by atoms with E-state index in [1.165, 1.54) is 186 Å². The Balaban J connectivity index is 5.28. The SMILES string of the molecule is CCCCCC/C=C\C=C/CCCCCCCC(=O)OC[C@H](COP(=O)(O)OC[C@@H](O)COP(=O)(O)OC[C@@H](COC(=O)CCCCCCCCC(C)CC)OC(=O)CCCCCCCCCCCCCCCCCC(C)C)OC(=O)CCCCCCCCCCCCCCCCC(C)CC. The number of phosphoric ester groups is 2. The molecule has 7 atom stereocenters. The number of aliphatic hydroxyl groups excluding tert-OH is 1. The van der Waals surface area contributed by atoms with Crippen LogP contribution in [0.2, 0.25) is 0 Å². The zero-order valence-corrected chi connectivity index (χ0v) is 67.6. The van der Waals surface area contributed by atoms with E-state index in [-0.39, 0.29) is 25.7 Å². The number of esters is 4. The summed E-state index contributed by atoms with van der Waals surface area (Å²) in [6.07, 6.45) is 63.2. The first kappa shape index (κ1) is 98.5. The number of allylic oxidation sites excluding steroid dienone is 4. The van der Waals surface area contributed by atoms with Gasteiger partial charge in [-0.15, -0.1) is 0 Å². The van der Waals surface area contributed by atoms with Gasteiger partial charge in [0.15, 0.2) is 12.2 Å². The van der Waals surface area contributed by atoms with Gasteiger partial charge in [0, 0.05) is 25.7 Å². The Labute approximate surface area is 618 Å². The quantitative estimate of drug-likeness (QED) is 0.0169. The van der Waals surface area contributed by atoms with Crippen LogP contribution in [0.3, 0.4) is 0 Å². The molecule has 101 heavy (non-hydrogen) atoms. The first-order valence-corrected chi connectivity index (χ1v) is 44.7. The summed E-state index contributed by atoms with van der Waals surface area (Å²) in [5.74, 6) is 0.233. The normalized spacial score (nSPS) is 14.6. The van der Waals surface area contributed by atoms with Crippen molar-refractivity contribution in [2.45, 2.75) is 420 Å². The molecule has 0 aliphatic rings. The minimum absolute atomic E-state index is 0.100. The van der Waals surface area contributed by atoms with Gasteiger partial charge in [0.05, 0.1) is 26.4 Å². The number of carbonyl (C=O) groups is 4. The topological polar surface area (TPSA) is 237 Å². The Kier molecular flexibility index (Phi) is 70.0. The van der Waals surface area contributed by atoms with E-state index in [4.69, 9.17) is 37.0 Å². The number of ether oxygens (including phenoxy) is 4. The van der Waals surface area contributed by atoms with Crippen LogP contribution in [-0.2, 0) is 65.4 Å². The maximum absolute atomic E-state index is 13.1. The van der Waals surface area contributed by atoms with E-state index in [2.05, 4.69) is 72.8 Å². The summed E-state index contributed by atoms with van der Waals surface area (Å²) in [5.41, 5.74) is 0. The predicted octanol–water partition coefficient (Wildman–Crippen LogP) is 24.1. The maximum atomic E-state index is 13.1. The third-order valence-electron chi connectivity index (χ3n) is 19.2. The first-order valence-electron chi connectivity index (χ1n) is 41.7. The van der Waals surface area contributed by atoms with Crippen LogP contribution in [0.25, 0.3) is 0 Å². The van der Waals surface area contributed by atoms with Crippen LogP contribution in [0.5, 0.6) is 0 Å². The van der Waals surface area contributed by atoms with Gasteiger partial charge in [-0.25, -0.2) is 9.13 Å². The van der Waals surface area contributed by atoms with E-state index in [9.17, 15) is 43.2 Å². The molecule has 0 aromatic rings. The molecule has 0 fully saturated rings. The van der Waals surface area contributed by atoms with Crippen LogP contribution in [0.1, 0.15) is 402 Å². The summed E-state index contributed by atoms with van der Waals surface area (Å²) in [6, 6.07) is 0. The number of hydrogen-bond donors (Lipinski definition) is 3. The third-order valence-corrected chi connectivity index (χ3v) is 21.1. The highest BCUT2D eigenvalue weighted by molar-refractivity contribution is 7.47. The zero-order valence-electron chi connectivity index (χ0n) is 65.9. The molecule has 0 rings (SSSR count). The summed E-state index contributed by atoms with van der Waals surface area (Å²) in [6.45, 7) is 11.9. The molecule has 0 amide bonds. The molecule has 0 saturated carbocycles. The molecule has 0 heterocycles. The zero-order chi connectivity index (χ0) is 74.4. The van der Waals surface area contributed by atoms with E-state index >= 15 is 0 Å². The second-order valence-corrected chi connectivity index (χ2v) is 32.7. The predicted molar refractivity (Wildman–Crippen MR) is 414 cm³/mol. The van der Waals surface area contributed by atoms with E-state index in [1.54, 1.807) is 0 Å². The van der Waals surface area contributed by atoms with E-state index in [0.717, 1.165) is 133 Å². The highest BCUT2D eigenvalue weighted by atomic mass is 31.2. The van der Waals surface area contributed by atoms with E-state index < -0.39 is 97.5 Å². The largest absolute Gasteiger partial charge is 0.472 e. The summed E-state index contributed by atoms with van der Waals surface area (Å²) in [4.78, 5) is 73.0. The lowest BCUT2D eigenvalue weighted by Gasteiger charge is -2.21. The van der Waals surface area contributed by atoms with Crippen LogP contribution in [0.4, 0.5) is 0 Å². The number of phosphoric acid groups is 2. The Bertz CT molecular complexity index is 2060. The smallest absolute Gasteiger partial charge is 0.462 e. The highest BCUT2D eigenvalue weighted by Crippen LogP contribution is 2.45. The Morgan fingerprint density at radius 2 is 0.584 bits per heavy atom. The maximum Gasteiger partial charge on any atom is 0.472 e. The molecular weight excluding hydrogens is 1320 g/mol. The van der Waals surface area contributed by atoms with Crippen molar-refractivity contribution < 1.29 is 80.2 Å². The molecule has 19 heteroatoms. The number of hydrogen-bond acceptors (Lipinski definition) is 15. The fraction of sp³-hybridized carbons (Fsp3) is 0.902. The minimum atomic E-state index is -4.97. The number of unbranched alkanes of at least 4 members (excludes halogenated alkanes) is 41. The van der Waals surface area contributed by atoms with Crippen molar-refractivity contribution in [3.63, 3.8) is 0 Å². The van der Waals surface area contributed by atoms with Crippen LogP contribution < -0.4 is 0 Å². The summed E-state index contributed by atoms with van der Waals surface area (Å²) in [5, 5.41) is 10.6. The lowest BCUT2D eigenvalue weighted by molar-refractivity contribution is -0.161. The molecule has 0 aliphatic heterocycles. The third kappa shape index (κ3) is 72.9. The van der Waals surface area contributed by atoms with Gasteiger partial charge in [-0.3, -0.25) is 37.3 Å². The van der Waals surface area contributed by atoms with Crippen molar-refractivity contribution in [1.29, 1.82) is 0 Å². The molecule has 0 bridgehead atoms. The number of aliphatic hydroxyl groups is 1. The first-order chi connectivity index (χ1) is 48.8. The lowest BCUT2D eigenvalue weighted by Crippen LogP contribution is -2.30. The molecule has 3 N–H and O–H groups in total. The van der Waals surface area contributed by atoms with E-state index in [0.29, 0.717) is 25.7 Å². The molecule has 0 spiro atoms. The summed E-state index contributed by atoms with van der Waals surface area (Å²) >= 11 is 0. The molecule has 17 nitrogen and oxygen atoms in total. The Hall–Kier alpha value is -2.46. The average molecular weight is 1480 g/mol. The van der Waals surface area contributed by atoms with Crippen LogP contribution in [0, 0.1) is 17.8 Å². The van der Waals surface area contributed by atoms with Crippen LogP contribution in [0.15, 0.2) is 24.3 Å². The molecule has 0 aromatic heterocycles. The van der Waals surface area contributed by atoms with Gasteiger partial charge in [0.1, 0.15) is 19.3 Å². The van der Waals surface area contributed by atoms with Gasteiger partial charge < -0.3 is 33.8 Å². The fourth-order valence-electron chi connectivity index (χ4n) is 12.1. The van der Waals surface area contributed by atoms with Gasteiger partial charge in [-0.1, -0.05) is 349 Å². The molecule has 0 saturated heterocycles.